The Hall–Kier alpha value is -0.320. The van der Waals surface area contributed by atoms with Crippen LogP contribution in [0.5, 0.6) is 0 Å². The number of carbonyl (C=O) groups excluding carboxylic acids is 1. The summed E-state index contributed by atoms with van der Waals surface area (Å²) in [4.78, 5) is 11.8. The van der Waals surface area contributed by atoms with Gasteiger partial charge >= 0.3 is 0 Å². The third-order valence-corrected chi connectivity index (χ3v) is 3.68. The maximum Gasteiger partial charge on any atom is 0.248 e. The molecular formula is C15H31ClN2O2. The average Bonchev–Trinajstić information content (AvgIpc) is 2.39. The number of hydrogen-bond donors (Lipinski definition) is 2. The second-order valence-electron chi connectivity index (χ2n) is 5.99. The maximum atomic E-state index is 11.8. The molecule has 20 heavy (non-hydrogen) atoms. The highest BCUT2D eigenvalue weighted by Crippen LogP contribution is 2.12. The van der Waals surface area contributed by atoms with Crippen LogP contribution < -0.4 is 10.6 Å². The molecule has 1 amide bonds. The van der Waals surface area contributed by atoms with Crippen LogP contribution in [-0.4, -0.2) is 38.3 Å². The zero-order valence-corrected chi connectivity index (χ0v) is 13.9. The van der Waals surface area contributed by atoms with Gasteiger partial charge in [0, 0.05) is 13.2 Å². The molecule has 2 N–H and O–H groups in total. The minimum atomic E-state index is -0.330. The number of carbonyl (C=O) groups is 1. The zero-order chi connectivity index (χ0) is 14.1. The van der Waals surface area contributed by atoms with Crippen LogP contribution in [-0.2, 0) is 9.53 Å². The number of amides is 1. The molecule has 2 atom stereocenters. The first kappa shape index (κ1) is 19.7. The molecule has 120 valence electrons. The van der Waals surface area contributed by atoms with Crippen molar-refractivity contribution in [1.82, 2.24) is 10.6 Å². The Bertz CT molecular complexity index is 256. The number of halogens is 1. The Morgan fingerprint density at radius 2 is 2.15 bits per heavy atom. The van der Waals surface area contributed by atoms with E-state index in [1.54, 1.807) is 0 Å². The number of piperidine rings is 1. The molecule has 1 saturated heterocycles. The van der Waals surface area contributed by atoms with E-state index in [1.807, 2.05) is 6.92 Å². The number of rotatable bonds is 8. The Morgan fingerprint density at radius 1 is 1.40 bits per heavy atom. The highest BCUT2D eigenvalue weighted by molar-refractivity contribution is 5.85. The molecule has 0 aromatic rings. The van der Waals surface area contributed by atoms with Crippen molar-refractivity contribution in [1.29, 1.82) is 0 Å². The van der Waals surface area contributed by atoms with Crippen LogP contribution in [0.25, 0.3) is 0 Å². The smallest absolute Gasteiger partial charge is 0.248 e. The highest BCUT2D eigenvalue weighted by Gasteiger charge is 2.15. The molecular weight excluding hydrogens is 276 g/mol. The van der Waals surface area contributed by atoms with E-state index >= 15 is 0 Å². The second kappa shape index (κ2) is 11.4. The molecule has 1 aliphatic heterocycles. The first-order chi connectivity index (χ1) is 9.09. The summed E-state index contributed by atoms with van der Waals surface area (Å²) in [7, 11) is 0. The molecule has 4 nitrogen and oxygen atoms in total. The van der Waals surface area contributed by atoms with Gasteiger partial charge in [-0.2, -0.15) is 0 Å². The van der Waals surface area contributed by atoms with Crippen molar-refractivity contribution in [3.05, 3.63) is 0 Å². The van der Waals surface area contributed by atoms with Crippen molar-refractivity contribution in [2.45, 2.75) is 52.6 Å². The molecule has 1 heterocycles. The van der Waals surface area contributed by atoms with Crippen LogP contribution >= 0.6 is 12.4 Å². The van der Waals surface area contributed by atoms with Crippen LogP contribution in [0, 0.1) is 11.8 Å². The fourth-order valence-corrected chi connectivity index (χ4v) is 2.27. The van der Waals surface area contributed by atoms with E-state index in [0.29, 0.717) is 18.4 Å². The van der Waals surface area contributed by atoms with E-state index in [2.05, 4.69) is 24.5 Å². The fraction of sp³-hybridized carbons (Fsp3) is 0.933. The zero-order valence-electron chi connectivity index (χ0n) is 13.1. The molecule has 5 heteroatoms. The van der Waals surface area contributed by atoms with Gasteiger partial charge in [-0.15, -0.1) is 12.4 Å². The monoisotopic (exact) mass is 306 g/mol. The molecule has 0 aromatic heterocycles. The van der Waals surface area contributed by atoms with E-state index in [1.165, 1.54) is 12.8 Å². The largest absolute Gasteiger partial charge is 0.369 e. The van der Waals surface area contributed by atoms with Crippen LogP contribution in [0.2, 0.25) is 0 Å². The van der Waals surface area contributed by atoms with Crippen molar-refractivity contribution < 1.29 is 9.53 Å². The molecule has 0 spiro atoms. The predicted molar refractivity (Wildman–Crippen MR) is 85.3 cm³/mol. The first-order valence-corrected chi connectivity index (χ1v) is 7.69. The minimum Gasteiger partial charge on any atom is -0.369 e. The van der Waals surface area contributed by atoms with Crippen molar-refractivity contribution in [3.8, 4) is 0 Å². The van der Waals surface area contributed by atoms with Crippen molar-refractivity contribution >= 4 is 18.3 Å². The molecule has 1 fully saturated rings. The number of hydrogen-bond acceptors (Lipinski definition) is 3. The summed E-state index contributed by atoms with van der Waals surface area (Å²) in [5, 5.41) is 6.37. The van der Waals surface area contributed by atoms with Crippen molar-refractivity contribution in [2.75, 3.05) is 26.2 Å². The fourth-order valence-electron chi connectivity index (χ4n) is 2.27. The van der Waals surface area contributed by atoms with Gasteiger partial charge in [0.2, 0.25) is 5.91 Å². The second-order valence-corrected chi connectivity index (χ2v) is 5.99. The predicted octanol–water partition coefficient (Wildman–Crippen LogP) is 2.37. The van der Waals surface area contributed by atoms with Gasteiger partial charge in [-0.05, 0) is 57.5 Å². The third kappa shape index (κ3) is 8.77. The van der Waals surface area contributed by atoms with Gasteiger partial charge in [-0.1, -0.05) is 13.8 Å². The molecule has 0 bridgehead atoms. The average molecular weight is 307 g/mol. The van der Waals surface area contributed by atoms with Crippen molar-refractivity contribution in [3.63, 3.8) is 0 Å². The van der Waals surface area contributed by atoms with Gasteiger partial charge in [0.25, 0.3) is 0 Å². The lowest BCUT2D eigenvalue weighted by Crippen LogP contribution is -2.37. The highest BCUT2D eigenvalue weighted by atomic mass is 35.5. The van der Waals surface area contributed by atoms with Gasteiger partial charge < -0.3 is 15.4 Å². The molecule has 1 rings (SSSR count). The van der Waals surface area contributed by atoms with Crippen molar-refractivity contribution in [2.24, 2.45) is 11.8 Å². The van der Waals surface area contributed by atoms with E-state index in [-0.39, 0.29) is 24.4 Å². The summed E-state index contributed by atoms with van der Waals surface area (Å²) in [5.74, 6) is 1.35. The lowest BCUT2D eigenvalue weighted by atomic mass is 9.96. The summed E-state index contributed by atoms with van der Waals surface area (Å²) in [5.41, 5.74) is 0. The van der Waals surface area contributed by atoms with E-state index < -0.39 is 0 Å². The van der Waals surface area contributed by atoms with Gasteiger partial charge in [0.15, 0.2) is 0 Å². The van der Waals surface area contributed by atoms with Crippen LogP contribution in [0.15, 0.2) is 0 Å². The maximum absolute atomic E-state index is 11.8. The Morgan fingerprint density at radius 3 is 2.75 bits per heavy atom. The summed E-state index contributed by atoms with van der Waals surface area (Å²) in [6.45, 7) is 9.82. The van der Waals surface area contributed by atoms with E-state index in [9.17, 15) is 4.79 Å². The molecule has 0 aliphatic carbocycles. The molecule has 2 unspecified atom stereocenters. The molecule has 0 aromatic carbocycles. The Labute approximate surface area is 129 Å². The van der Waals surface area contributed by atoms with Gasteiger partial charge in [0.05, 0.1) is 0 Å². The van der Waals surface area contributed by atoms with Gasteiger partial charge in [-0.25, -0.2) is 0 Å². The molecule has 0 saturated carbocycles. The normalized spacial score (nSPS) is 20.3. The lowest BCUT2D eigenvalue weighted by Gasteiger charge is -2.23. The summed E-state index contributed by atoms with van der Waals surface area (Å²) < 4.78 is 5.53. The molecule has 1 aliphatic rings. The summed E-state index contributed by atoms with van der Waals surface area (Å²) >= 11 is 0. The SMILES string of the molecule is CC(C)CCOC(C)C(=O)NCCC1CCCNC1.Cl. The Kier molecular flexibility index (Phi) is 11.2. The van der Waals surface area contributed by atoms with Crippen LogP contribution in [0.4, 0.5) is 0 Å². The third-order valence-electron chi connectivity index (χ3n) is 3.68. The molecule has 0 radical (unpaired) electrons. The number of nitrogens with one attached hydrogen (secondary N) is 2. The lowest BCUT2D eigenvalue weighted by molar-refractivity contribution is -0.131. The standard InChI is InChI=1S/C15H30N2O2.ClH/c1-12(2)7-10-19-13(3)15(18)17-9-6-14-5-4-8-16-11-14;/h12-14,16H,4-11H2,1-3H3,(H,17,18);1H. The van der Waals surface area contributed by atoms with E-state index in [0.717, 1.165) is 32.5 Å². The topological polar surface area (TPSA) is 50.4 Å². The summed E-state index contributed by atoms with van der Waals surface area (Å²) in [6, 6.07) is 0. The van der Waals surface area contributed by atoms with E-state index in [4.69, 9.17) is 4.74 Å². The first-order valence-electron chi connectivity index (χ1n) is 7.69. The van der Waals surface area contributed by atoms with Gasteiger partial charge in [-0.3, -0.25) is 4.79 Å². The quantitative estimate of drug-likeness (QED) is 0.724. The minimum absolute atomic E-state index is 0. The summed E-state index contributed by atoms with van der Waals surface area (Å²) in [6.07, 6.45) is 4.28. The van der Waals surface area contributed by atoms with Crippen LogP contribution in [0.1, 0.15) is 46.5 Å². The van der Waals surface area contributed by atoms with Gasteiger partial charge in [0.1, 0.15) is 6.10 Å². The number of ether oxygens (including phenoxy) is 1. The Balaban J connectivity index is 0.00000361. The van der Waals surface area contributed by atoms with Crippen LogP contribution in [0.3, 0.4) is 0 Å².